The van der Waals surface area contributed by atoms with Crippen molar-refractivity contribution in [1.29, 1.82) is 0 Å². The van der Waals surface area contributed by atoms with E-state index in [-0.39, 0.29) is 23.7 Å². The van der Waals surface area contributed by atoms with Gasteiger partial charge in [-0.2, -0.15) is 0 Å². The van der Waals surface area contributed by atoms with Crippen molar-refractivity contribution in [3.8, 4) is 10.4 Å². The number of aryl methyl sites for hydroxylation is 1. The van der Waals surface area contributed by atoms with Crippen LogP contribution in [-0.2, 0) is 15.7 Å². The van der Waals surface area contributed by atoms with Gasteiger partial charge < -0.3 is 21.7 Å². The predicted molar refractivity (Wildman–Crippen MR) is 131 cm³/mol. The fraction of sp³-hybridized carbons (Fsp3) is 0.391. The summed E-state index contributed by atoms with van der Waals surface area (Å²) in [5, 5.41) is 3.29. The lowest BCUT2D eigenvalue weighted by molar-refractivity contribution is -0.127. The molecule has 0 radical (unpaired) electrons. The van der Waals surface area contributed by atoms with Crippen LogP contribution in [0.2, 0.25) is 0 Å². The third-order valence-corrected chi connectivity index (χ3v) is 7.85. The van der Waals surface area contributed by atoms with Crippen molar-refractivity contribution in [1.82, 2.24) is 24.8 Å². The van der Waals surface area contributed by atoms with Gasteiger partial charge in [0.2, 0.25) is 5.95 Å². The van der Waals surface area contributed by atoms with Crippen LogP contribution in [0.1, 0.15) is 29.7 Å². The van der Waals surface area contributed by atoms with Crippen LogP contribution < -0.4 is 16.8 Å². The third-order valence-electron chi connectivity index (χ3n) is 6.50. The summed E-state index contributed by atoms with van der Waals surface area (Å²) in [6.45, 7) is 1.51. The highest BCUT2D eigenvalue weighted by atomic mass is 32.1. The molecule has 0 aromatic carbocycles. The molecule has 196 valence electrons. The van der Waals surface area contributed by atoms with Gasteiger partial charge in [-0.25, -0.2) is 32.9 Å². The summed E-state index contributed by atoms with van der Waals surface area (Å²) < 4.78 is 40.9. The molecule has 3 atom stereocenters. The molecule has 4 rings (SSSR count). The number of amides is 3. The Bertz CT molecular complexity index is 1310. The molecule has 14 heteroatoms. The topological polar surface area (TPSA) is 153 Å². The molecule has 3 unspecified atom stereocenters. The van der Waals surface area contributed by atoms with Gasteiger partial charge in [0.25, 0.3) is 12.3 Å². The van der Waals surface area contributed by atoms with E-state index in [1.807, 2.05) is 0 Å². The summed E-state index contributed by atoms with van der Waals surface area (Å²) >= 11 is 1.07. The molecule has 5 N–H and O–H groups in total. The van der Waals surface area contributed by atoms with E-state index in [1.54, 1.807) is 31.5 Å². The number of rotatable bonds is 8. The Morgan fingerprint density at radius 3 is 2.57 bits per heavy atom. The first-order valence-electron chi connectivity index (χ1n) is 11.2. The average Bonchev–Trinajstić information content (AvgIpc) is 3.46. The Morgan fingerprint density at radius 2 is 1.97 bits per heavy atom. The molecule has 1 saturated heterocycles. The highest BCUT2D eigenvalue weighted by Crippen LogP contribution is 2.44. The highest BCUT2D eigenvalue weighted by molar-refractivity contribution is 7.15. The molecule has 3 aromatic heterocycles. The van der Waals surface area contributed by atoms with Gasteiger partial charge in [-0.15, -0.1) is 11.3 Å². The minimum Gasteiger partial charge on any atom is -0.367 e. The first-order valence-corrected chi connectivity index (χ1v) is 12.0. The van der Waals surface area contributed by atoms with Crippen LogP contribution >= 0.6 is 11.3 Å². The molecular weight excluding hydrogens is 509 g/mol. The van der Waals surface area contributed by atoms with E-state index in [0.717, 1.165) is 23.2 Å². The quantitative estimate of drug-likeness (QED) is 0.402. The molecule has 0 saturated carbocycles. The zero-order chi connectivity index (χ0) is 27.0. The van der Waals surface area contributed by atoms with Crippen LogP contribution in [0.4, 0.5) is 23.9 Å². The Balaban J connectivity index is 1.76. The second-order valence-electron chi connectivity index (χ2n) is 9.01. The number of carbonyl (C=O) groups is 2. The fourth-order valence-corrected chi connectivity index (χ4v) is 5.62. The van der Waals surface area contributed by atoms with E-state index < -0.39 is 42.0 Å². The van der Waals surface area contributed by atoms with Crippen molar-refractivity contribution in [2.45, 2.75) is 43.7 Å². The van der Waals surface area contributed by atoms with Crippen LogP contribution in [0.15, 0.2) is 36.8 Å². The van der Waals surface area contributed by atoms with E-state index in [0.29, 0.717) is 22.1 Å². The molecule has 1 aliphatic heterocycles. The zero-order valence-corrected chi connectivity index (χ0v) is 20.8. The molecule has 0 aliphatic carbocycles. The van der Waals surface area contributed by atoms with Crippen molar-refractivity contribution in [3.63, 3.8) is 0 Å². The zero-order valence-electron chi connectivity index (χ0n) is 20.0. The van der Waals surface area contributed by atoms with Gasteiger partial charge in [-0.1, -0.05) is 0 Å². The van der Waals surface area contributed by atoms with E-state index in [2.05, 4.69) is 25.3 Å². The van der Waals surface area contributed by atoms with Crippen molar-refractivity contribution in [3.05, 3.63) is 53.2 Å². The lowest BCUT2D eigenvalue weighted by Crippen LogP contribution is -2.55. The van der Waals surface area contributed by atoms with Gasteiger partial charge in [0.05, 0.1) is 21.7 Å². The summed E-state index contributed by atoms with van der Waals surface area (Å²) in [6.07, 6.45) is 1.46. The Morgan fingerprint density at radius 1 is 1.27 bits per heavy atom. The van der Waals surface area contributed by atoms with Gasteiger partial charge in [0.1, 0.15) is 11.7 Å². The number of hydrogen-bond acceptors (Lipinski definition) is 8. The van der Waals surface area contributed by atoms with Gasteiger partial charge in [0.15, 0.2) is 5.54 Å². The van der Waals surface area contributed by atoms with Crippen molar-refractivity contribution in [2.24, 2.45) is 11.5 Å². The number of halogens is 3. The number of urea groups is 1. The molecule has 10 nitrogen and oxygen atoms in total. The minimum atomic E-state index is -2.97. The summed E-state index contributed by atoms with van der Waals surface area (Å²) in [4.78, 5) is 43.8. The maximum Gasteiger partial charge on any atom is 0.316 e. The SMILES string of the molecule is Cc1nc(C2(C(N)=O)CC(Nc3ncccn3)CN2C(N)=O)sc1-c1ccnc(C(C)(CF)C(F)F)c1. The standard InChI is InChI=1S/C23H25F3N8O2S/c1-12-16(13-4-7-29-15(8-13)22(2,11-24)17(25)26)37-19(32-12)23(18(27)35)9-14(10-34(23)20(28)36)33-21-30-5-3-6-31-21/h3-8,14,17H,9-11H2,1-2H3,(H2,27,35)(H2,28,36)(H,30,31,33). The number of nitrogens with zero attached hydrogens (tertiary/aromatic N) is 5. The maximum absolute atomic E-state index is 13.6. The van der Waals surface area contributed by atoms with E-state index in [1.165, 1.54) is 12.3 Å². The number of carbonyl (C=O) groups excluding carboxylic acids is 2. The third kappa shape index (κ3) is 4.56. The van der Waals surface area contributed by atoms with Crippen LogP contribution in [0.3, 0.4) is 0 Å². The monoisotopic (exact) mass is 534 g/mol. The Labute approximate surface area is 214 Å². The Hall–Kier alpha value is -3.81. The number of thiazole rings is 1. The summed E-state index contributed by atoms with van der Waals surface area (Å²) in [6, 6.07) is 3.26. The van der Waals surface area contributed by atoms with E-state index >= 15 is 0 Å². The van der Waals surface area contributed by atoms with Gasteiger partial charge in [0, 0.05) is 37.6 Å². The molecule has 4 heterocycles. The summed E-state index contributed by atoms with van der Waals surface area (Å²) in [5.41, 5.74) is 8.57. The van der Waals surface area contributed by atoms with Gasteiger partial charge in [-0.3, -0.25) is 9.78 Å². The predicted octanol–water partition coefficient (Wildman–Crippen LogP) is 2.74. The molecular formula is C23H25F3N8O2S. The van der Waals surface area contributed by atoms with Crippen LogP contribution in [-0.4, -0.2) is 62.5 Å². The van der Waals surface area contributed by atoms with Crippen LogP contribution in [0, 0.1) is 6.92 Å². The number of alkyl halides is 3. The molecule has 3 amide bonds. The number of likely N-dealkylation sites (tertiary alicyclic amines) is 1. The van der Waals surface area contributed by atoms with Gasteiger partial charge in [-0.05, 0) is 37.6 Å². The molecule has 1 aliphatic rings. The number of nitrogens with one attached hydrogen (secondary N) is 1. The highest BCUT2D eigenvalue weighted by Gasteiger charge is 2.55. The number of pyridine rings is 1. The number of anilines is 1. The van der Waals surface area contributed by atoms with Crippen LogP contribution in [0.25, 0.3) is 10.4 Å². The van der Waals surface area contributed by atoms with E-state index in [4.69, 9.17) is 11.5 Å². The number of primary amides is 2. The smallest absolute Gasteiger partial charge is 0.316 e. The maximum atomic E-state index is 13.6. The molecule has 37 heavy (non-hydrogen) atoms. The lowest BCUT2D eigenvalue weighted by Gasteiger charge is -2.32. The first-order chi connectivity index (χ1) is 17.5. The summed E-state index contributed by atoms with van der Waals surface area (Å²) in [5.74, 6) is -0.532. The van der Waals surface area contributed by atoms with Crippen molar-refractivity contribution < 1.29 is 22.8 Å². The van der Waals surface area contributed by atoms with Gasteiger partial charge >= 0.3 is 6.03 Å². The average molecular weight is 535 g/mol. The normalized spacial score (nSPS) is 21.1. The van der Waals surface area contributed by atoms with E-state index in [9.17, 15) is 22.8 Å². The number of nitrogens with two attached hydrogens (primary N) is 2. The minimum absolute atomic E-state index is 0.0349. The first kappa shape index (κ1) is 26.3. The lowest BCUT2D eigenvalue weighted by atomic mass is 9.87. The second kappa shape index (κ2) is 9.92. The number of aromatic nitrogens is 4. The van der Waals surface area contributed by atoms with Crippen LogP contribution in [0.5, 0.6) is 0 Å². The molecule has 1 fully saturated rings. The molecule has 0 spiro atoms. The largest absolute Gasteiger partial charge is 0.367 e. The fourth-order valence-electron chi connectivity index (χ4n) is 4.34. The Kier molecular flexibility index (Phi) is 7.04. The number of hydrogen-bond donors (Lipinski definition) is 3. The molecule has 0 bridgehead atoms. The van der Waals surface area contributed by atoms with Crippen molar-refractivity contribution >= 4 is 29.2 Å². The van der Waals surface area contributed by atoms with Crippen molar-refractivity contribution in [2.75, 3.05) is 18.5 Å². The summed E-state index contributed by atoms with van der Waals surface area (Å²) in [7, 11) is 0. The molecule has 3 aromatic rings. The second-order valence-corrected chi connectivity index (χ2v) is 10.0.